The third-order valence-electron chi connectivity index (χ3n) is 3.85. The molecular weight excluding hydrogens is 407 g/mol. The number of imidazole rings is 1. The zero-order valence-electron chi connectivity index (χ0n) is 13.7. The second-order valence-corrected chi connectivity index (χ2v) is 6.42. The molecule has 0 spiro atoms. The number of aliphatic hydroxyl groups is 1. The third-order valence-corrected chi connectivity index (χ3v) is 4.80. The van der Waals surface area contributed by atoms with Gasteiger partial charge in [-0.15, -0.1) is 0 Å². The molecular formula is C15H17BrF3N3O3. The number of rotatable bonds is 5. The van der Waals surface area contributed by atoms with Gasteiger partial charge in [-0.3, -0.25) is 4.79 Å². The van der Waals surface area contributed by atoms with Gasteiger partial charge in [0.05, 0.1) is 10.0 Å². The van der Waals surface area contributed by atoms with Gasteiger partial charge < -0.3 is 19.4 Å². The minimum atomic E-state index is -4.94. The average Bonchev–Trinajstić information content (AvgIpc) is 3.02. The summed E-state index contributed by atoms with van der Waals surface area (Å²) in [5.41, 5.74) is -2.96. The van der Waals surface area contributed by atoms with Gasteiger partial charge in [0.25, 0.3) is 5.91 Å². The number of nitrogens with zero attached hydrogens (tertiary/aromatic N) is 2. The van der Waals surface area contributed by atoms with Crippen LogP contribution in [0.1, 0.15) is 34.1 Å². The van der Waals surface area contributed by atoms with Crippen molar-refractivity contribution in [2.24, 2.45) is 7.05 Å². The molecule has 1 atom stereocenters. The van der Waals surface area contributed by atoms with Crippen molar-refractivity contribution in [1.82, 2.24) is 14.9 Å². The van der Waals surface area contributed by atoms with Crippen LogP contribution in [0.4, 0.5) is 13.2 Å². The van der Waals surface area contributed by atoms with Crippen molar-refractivity contribution < 1.29 is 27.5 Å². The molecule has 0 aliphatic heterocycles. The number of hydrogen-bond acceptors (Lipinski definition) is 4. The summed E-state index contributed by atoms with van der Waals surface area (Å²) < 4.78 is 47.0. The van der Waals surface area contributed by atoms with E-state index in [0.29, 0.717) is 16.0 Å². The van der Waals surface area contributed by atoms with E-state index in [1.54, 1.807) is 13.8 Å². The summed E-state index contributed by atoms with van der Waals surface area (Å²) in [6, 6.07) is 0. The predicted octanol–water partition coefficient (Wildman–Crippen LogP) is 2.96. The Morgan fingerprint density at radius 1 is 1.40 bits per heavy atom. The van der Waals surface area contributed by atoms with E-state index in [-0.39, 0.29) is 5.56 Å². The minimum absolute atomic E-state index is 0.213. The molecule has 2 heterocycles. The molecule has 2 rings (SSSR count). The molecule has 2 aromatic rings. The second kappa shape index (κ2) is 6.83. The molecule has 0 aromatic carbocycles. The Labute approximate surface area is 150 Å². The predicted molar refractivity (Wildman–Crippen MR) is 86.0 cm³/mol. The quantitative estimate of drug-likeness (QED) is 0.774. The standard InChI is InChI=1S/C15H17BrF3N3O3/c1-8-10(11(16)9(2)25-8)12(23)20-5-4-14(24,15(17,18)19)13-21-6-7-22(13)3/h6-7,24H,4-5H2,1-3H3,(H,20,23). The van der Waals surface area contributed by atoms with E-state index < -0.39 is 36.5 Å². The van der Waals surface area contributed by atoms with Gasteiger partial charge in [-0.2, -0.15) is 13.2 Å². The number of hydrogen-bond donors (Lipinski definition) is 2. The van der Waals surface area contributed by atoms with Crippen LogP contribution in [-0.2, 0) is 12.6 Å². The highest BCUT2D eigenvalue weighted by atomic mass is 79.9. The average molecular weight is 424 g/mol. The summed E-state index contributed by atoms with van der Waals surface area (Å²) in [7, 11) is 1.35. The van der Waals surface area contributed by atoms with Crippen LogP contribution in [0.3, 0.4) is 0 Å². The zero-order chi connectivity index (χ0) is 19.0. The topological polar surface area (TPSA) is 80.3 Å². The van der Waals surface area contributed by atoms with Crippen molar-refractivity contribution in [1.29, 1.82) is 0 Å². The van der Waals surface area contributed by atoms with E-state index in [1.165, 1.54) is 19.4 Å². The summed E-state index contributed by atoms with van der Waals surface area (Å²) in [5, 5.41) is 12.6. The van der Waals surface area contributed by atoms with Gasteiger partial charge in [0, 0.05) is 32.4 Å². The Kier molecular flexibility index (Phi) is 5.33. The number of aromatic nitrogens is 2. The summed E-state index contributed by atoms with van der Waals surface area (Å²) in [6.07, 6.45) is -3.25. The van der Waals surface area contributed by atoms with Crippen molar-refractivity contribution in [3.05, 3.63) is 39.8 Å². The van der Waals surface area contributed by atoms with E-state index in [9.17, 15) is 23.1 Å². The maximum atomic E-state index is 13.4. The van der Waals surface area contributed by atoms with Crippen LogP contribution < -0.4 is 5.32 Å². The number of amides is 1. The van der Waals surface area contributed by atoms with Crippen LogP contribution in [0, 0.1) is 13.8 Å². The van der Waals surface area contributed by atoms with E-state index in [0.717, 1.165) is 4.57 Å². The first-order valence-corrected chi connectivity index (χ1v) is 8.09. The van der Waals surface area contributed by atoms with Crippen LogP contribution in [-0.4, -0.2) is 33.3 Å². The first-order chi connectivity index (χ1) is 11.5. The number of nitrogens with one attached hydrogen (secondary N) is 1. The minimum Gasteiger partial charge on any atom is -0.465 e. The normalized spacial score (nSPS) is 14.4. The molecule has 2 aromatic heterocycles. The molecule has 0 bridgehead atoms. The fourth-order valence-corrected chi connectivity index (χ4v) is 3.05. The first kappa shape index (κ1) is 19.5. The van der Waals surface area contributed by atoms with E-state index in [2.05, 4.69) is 26.2 Å². The molecule has 0 saturated heterocycles. The lowest BCUT2D eigenvalue weighted by molar-refractivity contribution is -0.272. The summed E-state index contributed by atoms with van der Waals surface area (Å²) in [6.45, 7) is 2.82. The number of carbonyl (C=O) groups is 1. The summed E-state index contributed by atoms with van der Waals surface area (Å²) >= 11 is 3.21. The van der Waals surface area contributed by atoms with E-state index >= 15 is 0 Å². The monoisotopic (exact) mass is 423 g/mol. The van der Waals surface area contributed by atoms with Crippen LogP contribution in [0.15, 0.2) is 21.3 Å². The van der Waals surface area contributed by atoms with Gasteiger partial charge in [0.1, 0.15) is 17.3 Å². The van der Waals surface area contributed by atoms with Crippen molar-refractivity contribution >= 4 is 21.8 Å². The van der Waals surface area contributed by atoms with Crippen LogP contribution >= 0.6 is 15.9 Å². The van der Waals surface area contributed by atoms with Gasteiger partial charge >= 0.3 is 6.18 Å². The highest BCUT2D eigenvalue weighted by Crippen LogP contribution is 2.40. The van der Waals surface area contributed by atoms with Crippen molar-refractivity contribution in [3.63, 3.8) is 0 Å². The molecule has 1 amide bonds. The molecule has 0 radical (unpaired) electrons. The van der Waals surface area contributed by atoms with Gasteiger partial charge in [-0.1, -0.05) is 0 Å². The molecule has 25 heavy (non-hydrogen) atoms. The molecule has 138 valence electrons. The summed E-state index contributed by atoms with van der Waals surface area (Å²) in [4.78, 5) is 15.8. The maximum absolute atomic E-state index is 13.4. The molecule has 0 fully saturated rings. The number of halogens is 4. The van der Waals surface area contributed by atoms with Gasteiger partial charge in [0.2, 0.25) is 5.60 Å². The Balaban J connectivity index is 2.15. The van der Waals surface area contributed by atoms with Crippen LogP contribution in [0.5, 0.6) is 0 Å². The van der Waals surface area contributed by atoms with E-state index in [4.69, 9.17) is 4.42 Å². The highest BCUT2D eigenvalue weighted by Gasteiger charge is 2.57. The molecule has 0 aliphatic rings. The molecule has 6 nitrogen and oxygen atoms in total. The lowest BCUT2D eigenvalue weighted by atomic mass is 9.97. The van der Waals surface area contributed by atoms with E-state index in [1.807, 2.05) is 0 Å². The van der Waals surface area contributed by atoms with Gasteiger partial charge in [-0.25, -0.2) is 4.98 Å². The highest BCUT2D eigenvalue weighted by molar-refractivity contribution is 9.10. The lowest BCUT2D eigenvalue weighted by Gasteiger charge is -2.29. The Morgan fingerprint density at radius 2 is 2.04 bits per heavy atom. The lowest BCUT2D eigenvalue weighted by Crippen LogP contribution is -2.46. The maximum Gasteiger partial charge on any atom is 0.424 e. The third kappa shape index (κ3) is 3.59. The smallest absolute Gasteiger partial charge is 0.424 e. The molecule has 1 unspecified atom stereocenters. The second-order valence-electron chi connectivity index (χ2n) is 5.63. The van der Waals surface area contributed by atoms with Crippen molar-refractivity contribution in [2.45, 2.75) is 32.0 Å². The first-order valence-electron chi connectivity index (χ1n) is 7.29. The molecule has 10 heteroatoms. The molecule has 0 aliphatic carbocycles. The Hall–Kier alpha value is -1.81. The Morgan fingerprint density at radius 3 is 2.48 bits per heavy atom. The summed E-state index contributed by atoms with van der Waals surface area (Å²) in [5.74, 6) is -0.295. The van der Waals surface area contributed by atoms with Crippen LogP contribution in [0.2, 0.25) is 0 Å². The van der Waals surface area contributed by atoms with Crippen molar-refractivity contribution in [2.75, 3.05) is 6.54 Å². The number of furan rings is 1. The fraction of sp³-hybridized carbons (Fsp3) is 0.467. The zero-order valence-corrected chi connectivity index (χ0v) is 15.3. The molecule has 0 saturated carbocycles. The molecule has 2 N–H and O–H groups in total. The van der Waals surface area contributed by atoms with Gasteiger partial charge in [-0.05, 0) is 29.8 Å². The largest absolute Gasteiger partial charge is 0.465 e. The number of carbonyl (C=O) groups excluding carboxylic acids is 1. The SMILES string of the molecule is Cc1oc(C)c(C(=O)NCCC(O)(c2nccn2C)C(F)(F)F)c1Br. The van der Waals surface area contributed by atoms with Gasteiger partial charge in [0.15, 0.2) is 0 Å². The van der Waals surface area contributed by atoms with Crippen LogP contribution in [0.25, 0.3) is 0 Å². The van der Waals surface area contributed by atoms with Crippen molar-refractivity contribution in [3.8, 4) is 0 Å². The number of aryl methyl sites for hydroxylation is 3. The fourth-order valence-electron chi connectivity index (χ4n) is 2.51. The Bertz CT molecular complexity index is 785. The number of alkyl halides is 3.